The van der Waals surface area contributed by atoms with Crippen LogP contribution in [0.25, 0.3) is 0 Å². The quantitative estimate of drug-likeness (QED) is 0.454. The highest BCUT2D eigenvalue weighted by Crippen LogP contribution is 2.71. The van der Waals surface area contributed by atoms with Gasteiger partial charge in [0.25, 0.3) is 0 Å². The summed E-state index contributed by atoms with van der Waals surface area (Å²) in [6.07, 6.45) is 15.2. The molecule has 0 saturated heterocycles. The summed E-state index contributed by atoms with van der Waals surface area (Å²) in [4.78, 5) is 0. The number of aliphatic hydroxyl groups excluding tert-OH is 1. The van der Waals surface area contributed by atoms with Gasteiger partial charge < -0.3 is 5.11 Å². The highest BCUT2D eigenvalue weighted by Gasteiger charge is 2.63. The lowest BCUT2D eigenvalue weighted by molar-refractivity contribution is -0.0559. The maximum Gasteiger partial charge on any atom is 0.0543 e. The van der Waals surface area contributed by atoms with E-state index >= 15 is 0 Å². The highest BCUT2D eigenvalue weighted by molar-refractivity contribution is 5.31. The van der Waals surface area contributed by atoms with Crippen molar-refractivity contribution < 1.29 is 5.11 Å². The Balaban J connectivity index is 1.57. The molecule has 0 aliphatic heterocycles. The summed E-state index contributed by atoms with van der Waals surface area (Å²) in [7, 11) is 0. The normalized spacial score (nSPS) is 46.6. The van der Waals surface area contributed by atoms with E-state index in [1.165, 1.54) is 56.9 Å². The Morgan fingerprint density at radius 3 is 2.50 bits per heavy atom. The molecule has 0 amide bonds. The number of aliphatic hydroxyl groups is 1. The van der Waals surface area contributed by atoms with E-state index < -0.39 is 0 Å². The third-order valence-electron chi connectivity index (χ3n) is 11.3. The zero-order chi connectivity index (χ0) is 21.9. The van der Waals surface area contributed by atoms with Gasteiger partial charge in [-0.05, 0) is 110 Å². The molecule has 4 aliphatic carbocycles. The Hall–Kier alpha value is -0.560. The van der Waals surface area contributed by atoms with Crippen LogP contribution in [0.5, 0.6) is 0 Å². The van der Waals surface area contributed by atoms with Gasteiger partial charge in [-0.25, -0.2) is 0 Å². The standard InChI is InChI=1S/C29H48O/c1-19(2)20(3)8-9-21(4)24-13-16-29(7)26-11-10-22-18-23(30)12-15-27(22,5)25(26)14-17-28(24,29)6/h14,19,21-24,26,30H,3,8-13,15-18H2,1-2,4-7H3/t21?,22?,23-,24?,26?,27-,28+,29?/m0/s1. The molecule has 1 N–H and O–H groups in total. The SMILES string of the molecule is C=C(CCC(C)C1CCC2(C)C3CCC4C[C@@H](O)CC[C@]4(C)C3=CC[C@]12C)C(C)C. The third-order valence-corrected chi connectivity index (χ3v) is 11.3. The van der Waals surface area contributed by atoms with Crippen molar-refractivity contribution in [1.82, 2.24) is 0 Å². The average molecular weight is 413 g/mol. The van der Waals surface area contributed by atoms with Crippen LogP contribution in [0.2, 0.25) is 0 Å². The van der Waals surface area contributed by atoms with Crippen molar-refractivity contribution >= 4 is 0 Å². The smallest absolute Gasteiger partial charge is 0.0543 e. The van der Waals surface area contributed by atoms with Gasteiger partial charge in [0, 0.05) is 0 Å². The first-order valence-electron chi connectivity index (χ1n) is 13.1. The van der Waals surface area contributed by atoms with Gasteiger partial charge in [-0.3, -0.25) is 0 Å². The minimum absolute atomic E-state index is 0.0537. The van der Waals surface area contributed by atoms with E-state index in [0.717, 1.165) is 30.6 Å². The summed E-state index contributed by atoms with van der Waals surface area (Å²) < 4.78 is 0. The second-order valence-electron chi connectivity index (χ2n) is 12.8. The fourth-order valence-electron chi connectivity index (χ4n) is 8.73. The van der Waals surface area contributed by atoms with E-state index in [1.54, 1.807) is 0 Å². The van der Waals surface area contributed by atoms with Gasteiger partial charge in [0.1, 0.15) is 0 Å². The Bertz CT molecular complexity index is 703. The first-order valence-corrected chi connectivity index (χ1v) is 13.1. The molecular weight excluding hydrogens is 364 g/mol. The van der Waals surface area contributed by atoms with Gasteiger partial charge in [-0.2, -0.15) is 0 Å². The number of hydrogen-bond acceptors (Lipinski definition) is 1. The van der Waals surface area contributed by atoms with Crippen LogP contribution in [0, 0.1) is 45.8 Å². The topological polar surface area (TPSA) is 20.2 Å². The molecule has 0 heterocycles. The van der Waals surface area contributed by atoms with Crippen molar-refractivity contribution in [1.29, 1.82) is 0 Å². The van der Waals surface area contributed by atoms with Crippen LogP contribution in [0.3, 0.4) is 0 Å². The molecule has 4 rings (SSSR count). The molecule has 0 aromatic rings. The molecule has 5 unspecified atom stereocenters. The largest absolute Gasteiger partial charge is 0.393 e. The van der Waals surface area contributed by atoms with Crippen LogP contribution in [0.4, 0.5) is 0 Å². The molecule has 170 valence electrons. The van der Waals surface area contributed by atoms with E-state index in [0.29, 0.717) is 28.1 Å². The fourth-order valence-corrected chi connectivity index (χ4v) is 8.73. The second kappa shape index (κ2) is 7.79. The first kappa shape index (κ1) is 22.6. The van der Waals surface area contributed by atoms with Gasteiger partial charge in [-0.1, -0.05) is 65.3 Å². The lowest BCUT2D eigenvalue weighted by atomic mass is 9.44. The Labute approximate surface area is 186 Å². The third kappa shape index (κ3) is 3.28. The fraction of sp³-hybridized carbons (Fsp3) is 0.862. The van der Waals surface area contributed by atoms with Crippen LogP contribution in [-0.2, 0) is 0 Å². The molecule has 0 bridgehead atoms. The lowest BCUT2D eigenvalue weighted by Crippen LogP contribution is -2.53. The highest BCUT2D eigenvalue weighted by atomic mass is 16.3. The number of allylic oxidation sites excluding steroid dienone is 3. The summed E-state index contributed by atoms with van der Waals surface area (Å²) in [5.74, 6) is 3.73. The van der Waals surface area contributed by atoms with E-state index in [-0.39, 0.29) is 6.10 Å². The maximum atomic E-state index is 10.3. The predicted octanol–water partition coefficient (Wildman–Crippen LogP) is 7.94. The van der Waals surface area contributed by atoms with Crippen LogP contribution in [-0.4, -0.2) is 11.2 Å². The van der Waals surface area contributed by atoms with Crippen molar-refractivity contribution in [2.45, 2.75) is 112 Å². The molecule has 30 heavy (non-hydrogen) atoms. The van der Waals surface area contributed by atoms with Crippen molar-refractivity contribution in [3.05, 3.63) is 23.8 Å². The van der Waals surface area contributed by atoms with E-state index in [9.17, 15) is 5.11 Å². The van der Waals surface area contributed by atoms with Crippen LogP contribution < -0.4 is 0 Å². The number of rotatable bonds is 5. The molecule has 3 fully saturated rings. The van der Waals surface area contributed by atoms with Crippen molar-refractivity contribution in [3.63, 3.8) is 0 Å². The summed E-state index contributed by atoms with van der Waals surface area (Å²) >= 11 is 0. The minimum atomic E-state index is -0.0537. The average Bonchev–Trinajstić information content (AvgIpc) is 2.97. The molecule has 1 nitrogen and oxygen atoms in total. The van der Waals surface area contributed by atoms with Crippen LogP contribution >= 0.6 is 0 Å². The lowest BCUT2D eigenvalue weighted by Gasteiger charge is -2.61. The maximum absolute atomic E-state index is 10.3. The second-order valence-corrected chi connectivity index (χ2v) is 12.8. The zero-order valence-corrected chi connectivity index (χ0v) is 20.8. The van der Waals surface area contributed by atoms with Crippen LogP contribution in [0.1, 0.15) is 106 Å². The Morgan fingerprint density at radius 1 is 1.07 bits per heavy atom. The van der Waals surface area contributed by atoms with E-state index in [1.807, 2.05) is 5.57 Å². The summed E-state index contributed by atoms with van der Waals surface area (Å²) in [6, 6.07) is 0. The molecule has 8 atom stereocenters. The summed E-state index contributed by atoms with van der Waals surface area (Å²) in [5.41, 5.74) is 4.49. The molecule has 0 aromatic heterocycles. The van der Waals surface area contributed by atoms with Gasteiger partial charge in [-0.15, -0.1) is 0 Å². The van der Waals surface area contributed by atoms with Crippen molar-refractivity contribution in [2.75, 3.05) is 0 Å². The summed E-state index contributed by atoms with van der Waals surface area (Å²) in [5, 5.41) is 10.3. The molecule has 1 heteroatoms. The molecule has 0 aromatic carbocycles. The number of hydrogen-bond donors (Lipinski definition) is 1. The van der Waals surface area contributed by atoms with Gasteiger partial charge >= 0.3 is 0 Å². The first-order chi connectivity index (χ1) is 14.0. The van der Waals surface area contributed by atoms with Gasteiger partial charge in [0.2, 0.25) is 0 Å². The Morgan fingerprint density at radius 2 is 1.80 bits per heavy atom. The monoisotopic (exact) mass is 412 g/mol. The van der Waals surface area contributed by atoms with E-state index in [4.69, 9.17) is 0 Å². The predicted molar refractivity (Wildman–Crippen MR) is 128 cm³/mol. The Kier molecular flexibility index (Phi) is 5.87. The van der Waals surface area contributed by atoms with Gasteiger partial charge in [0.05, 0.1) is 6.10 Å². The molecule has 0 radical (unpaired) electrons. The zero-order valence-electron chi connectivity index (χ0n) is 20.8. The molecule has 0 spiro atoms. The van der Waals surface area contributed by atoms with E-state index in [2.05, 4.69) is 54.2 Å². The summed E-state index contributed by atoms with van der Waals surface area (Å²) in [6.45, 7) is 19.3. The van der Waals surface area contributed by atoms with Crippen molar-refractivity contribution in [3.8, 4) is 0 Å². The molecule has 4 aliphatic rings. The van der Waals surface area contributed by atoms with Crippen molar-refractivity contribution in [2.24, 2.45) is 45.8 Å². The minimum Gasteiger partial charge on any atom is -0.393 e. The van der Waals surface area contributed by atoms with Gasteiger partial charge in [0.15, 0.2) is 0 Å². The molecule has 3 saturated carbocycles. The number of fused-ring (bicyclic) bond motifs is 5. The molecular formula is C29H48O. The van der Waals surface area contributed by atoms with Crippen LogP contribution in [0.15, 0.2) is 23.8 Å².